The van der Waals surface area contributed by atoms with Gasteiger partial charge in [0.1, 0.15) is 12.0 Å². The number of nitrogens with two attached hydrogens (primary N) is 1. The summed E-state index contributed by atoms with van der Waals surface area (Å²) in [4.78, 5) is 26.0. The van der Waals surface area contributed by atoms with Crippen LogP contribution < -0.4 is 16.4 Å². The topological polar surface area (TPSA) is 109 Å². The Morgan fingerprint density at radius 2 is 1.94 bits per heavy atom. The molecule has 1 heterocycles. The fraction of sp³-hybridized carbons (Fsp3) is 0.200. The molecule has 0 bridgehead atoms. The molecule has 1 aromatic rings. The average Bonchev–Trinajstić information content (AvgIpc) is 2.30. The van der Waals surface area contributed by atoms with Gasteiger partial charge >= 0.3 is 6.03 Å². The van der Waals surface area contributed by atoms with Crippen LogP contribution in [0.5, 0.6) is 0 Å². The number of carbonyl (C=O) groups excluding carboxylic acids is 1. The normalized spacial score (nSPS) is 26.2. The van der Waals surface area contributed by atoms with Crippen LogP contribution in [0.2, 0.25) is 0 Å². The van der Waals surface area contributed by atoms with E-state index in [1.54, 1.807) is 24.3 Å². The van der Waals surface area contributed by atoms with Crippen molar-refractivity contribution in [3.8, 4) is 0 Å². The Bertz CT molecular complexity index is 459. The summed E-state index contributed by atoms with van der Waals surface area (Å²) in [5, 5.41) is 7.63. The SMILES string of the molecule is NC1NC(=O)NC(=Nc2ccccc2)C1N=O. The van der Waals surface area contributed by atoms with Crippen LogP contribution in [0.15, 0.2) is 40.5 Å². The molecule has 0 aliphatic carbocycles. The van der Waals surface area contributed by atoms with Gasteiger partial charge in [-0.2, -0.15) is 0 Å². The Balaban J connectivity index is 2.31. The first kappa shape index (κ1) is 11.2. The molecule has 0 aromatic heterocycles. The molecule has 1 aliphatic heterocycles. The van der Waals surface area contributed by atoms with Crippen LogP contribution in [0.1, 0.15) is 0 Å². The number of nitrogens with zero attached hydrogens (tertiary/aromatic N) is 2. The molecular weight excluding hydrogens is 222 g/mol. The van der Waals surface area contributed by atoms with Gasteiger partial charge in [-0.1, -0.05) is 23.4 Å². The number of aliphatic imine (C=N–C) groups is 1. The zero-order chi connectivity index (χ0) is 12.3. The predicted molar refractivity (Wildman–Crippen MR) is 62.8 cm³/mol. The maximum atomic E-state index is 11.2. The highest BCUT2D eigenvalue weighted by atomic mass is 16.3. The quantitative estimate of drug-likeness (QED) is 0.645. The van der Waals surface area contributed by atoms with E-state index >= 15 is 0 Å². The molecule has 2 atom stereocenters. The van der Waals surface area contributed by atoms with Gasteiger partial charge in [0.05, 0.1) is 5.69 Å². The molecule has 2 rings (SSSR count). The van der Waals surface area contributed by atoms with Crippen LogP contribution in [-0.2, 0) is 0 Å². The fourth-order valence-electron chi connectivity index (χ4n) is 1.48. The highest BCUT2D eigenvalue weighted by Gasteiger charge is 2.32. The molecule has 0 spiro atoms. The summed E-state index contributed by atoms with van der Waals surface area (Å²) in [6, 6.07) is 7.52. The molecule has 0 saturated carbocycles. The van der Waals surface area contributed by atoms with Crippen LogP contribution in [0.25, 0.3) is 0 Å². The number of para-hydroxylation sites is 1. The average molecular weight is 233 g/mol. The van der Waals surface area contributed by atoms with Gasteiger partial charge in [-0.3, -0.25) is 5.32 Å². The van der Waals surface area contributed by atoms with Crippen molar-refractivity contribution in [3.63, 3.8) is 0 Å². The van der Waals surface area contributed by atoms with E-state index in [-0.39, 0.29) is 5.84 Å². The molecule has 7 nitrogen and oxygen atoms in total. The van der Waals surface area contributed by atoms with E-state index in [0.29, 0.717) is 5.69 Å². The number of hydrogen-bond donors (Lipinski definition) is 3. The molecule has 1 aromatic carbocycles. The third-order valence-corrected chi connectivity index (χ3v) is 2.28. The molecular formula is C10H11N5O2. The van der Waals surface area contributed by atoms with E-state index in [1.165, 1.54) is 0 Å². The standard InChI is InChI=1S/C10H11N5O2/c11-8-7(15-17)9(14-10(16)13-8)12-6-4-2-1-3-5-6/h1-5,7-8H,11H2,(H2,12,13,14,16). The Hall–Kier alpha value is -2.28. The minimum Gasteiger partial charge on any atom is -0.320 e. The molecule has 1 fully saturated rings. The first-order chi connectivity index (χ1) is 8.20. The van der Waals surface area contributed by atoms with Crippen molar-refractivity contribution in [2.75, 3.05) is 0 Å². The Labute approximate surface area is 97.1 Å². The number of benzene rings is 1. The lowest BCUT2D eigenvalue weighted by Crippen LogP contribution is -2.63. The Kier molecular flexibility index (Phi) is 3.10. The van der Waals surface area contributed by atoms with Crippen molar-refractivity contribution in [2.45, 2.75) is 12.2 Å². The van der Waals surface area contributed by atoms with Crippen molar-refractivity contribution in [1.82, 2.24) is 10.6 Å². The van der Waals surface area contributed by atoms with Crippen LogP contribution in [0, 0.1) is 4.91 Å². The zero-order valence-electron chi connectivity index (χ0n) is 8.83. The van der Waals surface area contributed by atoms with E-state index in [0.717, 1.165) is 0 Å². The number of nitroso groups, excluding NO2 is 1. The minimum atomic E-state index is -0.909. The maximum absolute atomic E-state index is 11.2. The highest BCUT2D eigenvalue weighted by molar-refractivity contribution is 6.04. The first-order valence-corrected chi connectivity index (χ1v) is 5.00. The van der Waals surface area contributed by atoms with Crippen molar-refractivity contribution in [1.29, 1.82) is 0 Å². The molecule has 0 radical (unpaired) electrons. The van der Waals surface area contributed by atoms with Crippen molar-refractivity contribution >= 4 is 17.6 Å². The molecule has 2 unspecified atom stereocenters. The fourth-order valence-corrected chi connectivity index (χ4v) is 1.48. The van der Waals surface area contributed by atoms with Gasteiger partial charge in [0.25, 0.3) is 0 Å². The second kappa shape index (κ2) is 4.71. The summed E-state index contributed by atoms with van der Waals surface area (Å²) in [5.41, 5.74) is 6.19. The first-order valence-electron chi connectivity index (χ1n) is 5.00. The van der Waals surface area contributed by atoms with Crippen LogP contribution in [-0.4, -0.2) is 24.1 Å². The smallest absolute Gasteiger partial charge is 0.320 e. The summed E-state index contributed by atoms with van der Waals surface area (Å²) >= 11 is 0. The summed E-state index contributed by atoms with van der Waals surface area (Å²) in [6.45, 7) is 0. The Morgan fingerprint density at radius 3 is 2.59 bits per heavy atom. The summed E-state index contributed by atoms with van der Waals surface area (Å²) in [6.07, 6.45) is -0.858. The number of nitrogens with one attached hydrogen (secondary N) is 2. The predicted octanol–water partition coefficient (Wildman–Crippen LogP) is 0.449. The largest absolute Gasteiger partial charge is 0.321 e. The lowest BCUT2D eigenvalue weighted by molar-refractivity contribution is 0.237. The van der Waals surface area contributed by atoms with E-state index in [4.69, 9.17) is 5.73 Å². The number of amidine groups is 1. The summed E-state index contributed by atoms with van der Waals surface area (Å²) in [7, 11) is 0. The zero-order valence-corrected chi connectivity index (χ0v) is 8.83. The monoisotopic (exact) mass is 233 g/mol. The molecule has 7 heteroatoms. The van der Waals surface area contributed by atoms with E-state index in [1.807, 2.05) is 6.07 Å². The summed E-state index contributed by atoms with van der Waals surface area (Å²) < 4.78 is 0. The van der Waals surface area contributed by atoms with E-state index in [2.05, 4.69) is 20.8 Å². The van der Waals surface area contributed by atoms with E-state index in [9.17, 15) is 9.70 Å². The minimum absolute atomic E-state index is 0.155. The van der Waals surface area contributed by atoms with Gasteiger partial charge in [0.2, 0.25) is 0 Å². The highest BCUT2D eigenvalue weighted by Crippen LogP contribution is 2.12. The second-order valence-electron chi connectivity index (χ2n) is 3.51. The number of urea groups is 1. The molecule has 4 N–H and O–H groups in total. The van der Waals surface area contributed by atoms with Gasteiger partial charge in [0.15, 0.2) is 6.04 Å². The van der Waals surface area contributed by atoms with Crippen LogP contribution in [0.4, 0.5) is 10.5 Å². The lowest BCUT2D eigenvalue weighted by atomic mass is 10.2. The van der Waals surface area contributed by atoms with Gasteiger partial charge < -0.3 is 11.1 Å². The van der Waals surface area contributed by atoms with Crippen molar-refractivity contribution < 1.29 is 4.79 Å². The van der Waals surface area contributed by atoms with Gasteiger partial charge in [-0.05, 0) is 12.1 Å². The van der Waals surface area contributed by atoms with Gasteiger partial charge in [-0.15, -0.1) is 4.91 Å². The van der Waals surface area contributed by atoms with Crippen molar-refractivity contribution in [2.24, 2.45) is 15.9 Å². The third kappa shape index (κ3) is 2.45. The Morgan fingerprint density at radius 1 is 1.24 bits per heavy atom. The van der Waals surface area contributed by atoms with Gasteiger partial charge in [0, 0.05) is 0 Å². The number of rotatable bonds is 2. The number of hydrogen-bond acceptors (Lipinski definition) is 5. The molecule has 1 aliphatic rings. The van der Waals surface area contributed by atoms with E-state index < -0.39 is 18.2 Å². The lowest BCUT2D eigenvalue weighted by Gasteiger charge is -2.26. The maximum Gasteiger partial charge on any atom is 0.321 e. The number of carbonyl (C=O) groups is 1. The van der Waals surface area contributed by atoms with Crippen molar-refractivity contribution in [3.05, 3.63) is 35.2 Å². The third-order valence-electron chi connectivity index (χ3n) is 2.28. The molecule has 88 valence electrons. The van der Waals surface area contributed by atoms with Gasteiger partial charge in [-0.25, -0.2) is 9.79 Å². The van der Waals surface area contributed by atoms with Crippen LogP contribution in [0.3, 0.4) is 0 Å². The second-order valence-corrected chi connectivity index (χ2v) is 3.51. The van der Waals surface area contributed by atoms with Crippen LogP contribution >= 0.6 is 0 Å². The number of amides is 2. The summed E-state index contributed by atoms with van der Waals surface area (Å²) in [5.74, 6) is 0.155. The molecule has 17 heavy (non-hydrogen) atoms. The molecule has 2 amide bonds. The molecule has 1 saturated heterocycles.